The van der Waals surface area contributed by atoms with E-state index in [1.54, 1.807) is 19.9 Å². The molecular formula is C24H35N3O2. The van der Waals surface area contributed by atoms with E-state index >= 15 is 0 Å². The minimum atomic E-state index is -0.821. The summed E-state index contributed by atoms with van der Waals surface area (Å²) in [6.45, 7) is 8.22. The summed E-state index contributed by atoms with van der Waals surface area (Å²) in [7, 11) is 1.95. The van der Waals surface area contributed by atoms with Crippen molar-refractivity contribution in [3.05, 3.63) is 12.2 Å². The zero-order chi connectivity index (χ0) is 21.2. The van der Waals surface area contributed by atoms with Gasteiger partial charge in [-0.3, -0.25) is 9.59 Å². The zero-order valence-corrected chi connectivity index (χ0v) is 18.5. The lowest BCUT2D eigenvalue weighted by Crippen LogP contribution is -2.60. The third-order valence-corrected chi connectivity index (χ3v) is 9.16. The van der Waals surface area contributed by atoms with Crippen LogP contribution >= 0.6 is 0 Å². The Balaban J connectivity index is 1.58. The highest BCUT2D eigenvalue weighted by Gasteiger charge is 2.61. The zero-order valence-electron chi connectivity index (χ0n) is 18.5. The van der Waals surface area contributed by atoms with Crippen molar-refractivity contribution in [1.82, 2.24) is 10.2 Å². The van der Waals surface area contributed by atoms with Gasteiger partial charge in [-0.15, -0.1) is 0 Å². The predicted molar refractivity (Wildman–Crippen MR) is 111 cm³/mol. The van der Waals surface area contributed by atoms with Crippen LogP contribution < -0.4 is 5.32 Å². The van der Waals surface area contributed by atoms with Gasteiger partial charge in [-0.2, -0.15) is 5.26 Å². The number of likely N-dealkylation sites (N-methyl/N-ethyl adjacent to an activating group) is 1. The highest BCUT2D eigenvalue weighted by atomic mass is 16.2. The quantitative estimate of drug-likeness (QED) is 0.773. The number of nitriles is 1. The van der Waals surface area contributed by atoms with Crippen molar-refractivity contribution in [3.63, 3.8) is 0 Å². The van der Waals surface area contributed by atoms with Crippen LogP contribution in [0.25, 0.3) is 0 Å². The van der Waals surface area contributed by atoms with E-state index < -0.39 is 5.54 Å². The molecule has 4 rings (SSSR count). The number of fused-ring (bicyclic) bond motifs is 5. The van der Waals surface area contributed by atoms with Gasteiger partial charge in [0.05, 0.1) is 6.07 Å². The Labute approximate surface area is 174 Å². The Kier molecular flexibility index (Phi) is 4.64. The Bertz CT molecular complexity index is 796. The standard InChI is InChI=1S/C24H35N3O2/c1-22(2,14-25)26-21(29)18-8-7-16-15-6-9-19-24(4,13-11-20(28)27(19)5)17(15)10-12-23(16,18)3/h11,13,15-19H,6-10,12H2,1-5H3,(H,26,29)/t15-,16-,17+,18?,19?,23-,24+/m0/s1. The van der Waals surface area contributed by atoms with Gasteiger partial charge in [0.1, 0.15) is 5.54 Å². The highest BCUT2D eigenvalue weighted by Crippen LogP contribution is 2.65. The third-order valence-electron chi connectivity index (χ3n) is 9.16. The molecule has 0 spiro atoms. The Morgan fingerprint density at radius 2 is 1.93 bits per heavy atom. The van der Waals surface area contributed by atoms with E-state index in [1.807, 2.05) is 11.9 Å². The van der Waals surface area contributed by atoms with E-state index in [1.165, 1.54) is 0 Å². The number of carbonyl (C=O) groups excluding carboxylic acids is 2. The number of carbonyl (C=O) groups is 2. The average molecular weight is 398 g/mol. The van der Waals surface area contributed by atoms with Crippen molar-refractivity contribution in [1.29, 1.82) is 5.26 Å². The molecule has 2 amide bonds. The normalized spacial score (nSPS) is 43.8. The lowest BCUT2D eigenvalue weighted by atomic mass is 9.47. The van der Waals surface area contributed by atoms with Crippen LogP contribution in [0.5, 0.6) is 0 Å². The average Bonchev–Trinajstić information content (AvgIpc) is 3.02. The number of hydrogen-bond acceptors (Lipinski definition) is 3. The summed E-state index contributed by atoms with van der Waals surface area (Å²) in [5.74, 6) is 1.92. The first-order valence-corrected chi connectivity index (χ1v) is 11.2. The van der Waals surface area contributed by atoms with Gasteiger partial charge in [0.15, 0.2) is 0 Å². The summed E-state index contributed by atoms with van der Waals surface area (Å²) in [5.41, 5.74) is -0.769. The first kappa shape index (κ1) is 20.4. The minimum Gasteiger partial charge on any atom is -0.338 e. The van der Waals surface area contributed by atoms with Crippen LogP contribution in [-0.4, -0.2) is 35.3 Å². The van der Waals surface area contributed by atoms with E-state index in [-0.39, 0.29) is 28.6 Å². The van der Waals surface area contributed by atoms with E-state index in [9.17, 15) is 14.9 Å². The molecule has 7 atom stereocenters. The fourth-order valence-corrected chi connectivity index (χ4v) is 7.59. The Morgan fingerprint density at radius 3 is 2.62 bits per heavy atom. The Hall–Kier alpha value is -1.83. The molecule has 0 aromatic heterocycles. The summed E-state index contributed by atoms with van der Waals surface area (Å²) in [6.07, 6.45) is 10.4. The maximum Gasteiger partial charge on any atom is 0.246 e. The number of nitrogens with one attached hydrogen (secondary N) is 1. The van der Waals surface area contributed by atoms with Crippen molar-refractivity contribution < 1.29 is 9.59 Å². The number of nitrogens with zero attached hydrogens (tertiary/aromatic N) is 2. The number of hydrogen-bond donors (Lipinski definition) is 1. The van der Waals surface area contributed by atoms with Crippen molar-refractivity contribution in [2.45, 2.75) is 77.8 Å². The van der Waals surface area contributed by atoms with Gasteiger partial charge >= 0.3 is 0 Å². The molecule has 29 heavy (non-hydrogen) atoms. The lowest BCUT2D eigenvalue weighted by molar-refractivity contribution is -0.142. The van der Waals surface area contributed by atoms with Crippen LogP contribution in [0.4, 0.5) is 0 Å². The fourth-order valence-electron chi connectivity index (χ4n) is 7.59. The summed E-state index contributed by atoms with van der Waals surface area (Å²) in [4.78, 5) is 27.3. The predicted octanol–water partition coefficient (Wildman–Crippen LogP) is 3.66. The molecule has 1 N–H and O–H groups in total. The summed E-state index contributed by atoms with van der Waals surface area (Å²) in [6, 6.07) is 2.49. The van der Waals surface area contributed by atoms with Crippen LogP contribution in [0, 0.1) is 45.8 Å². The molecule has 3 aliphatic carbocycles. The lowest BCUT2D eigenvalue weighted by Gasteiger charge is -2.60. The highest BCUT2D eigenvalue weighted by molar-refractivity contribution is 5.89. The van der Waals surface area contributed by atoms with Gasteiger partial charge in [-0.25, -0.2) is 0 Å². The maximum absolute atomic E-state index is 13.1. The summed E-state index contributed by atoms with van der Waals surface area (Å²) in [5, 5.41) is 12.3. The summed E-state index contributed by atoms with van der Waals surface area (Å²) < 4.78 is 0. The molecule has 0 bridgehead atoms. The molecule has 158 valence electrons. The van der Waals surface area contributed by atoms with E-state index in [0.29, 0.717) is 23.8 Å². The van der Waals surface area contributed by atoms with E-state index in [0.717, 1.165) is 38.5 Å². The molecule has 5 nitrogen and oxygen atoms in total. The van der Waals surface area contributed by atoms with Crippen LogP contribution in [0.3, 0.4) is 0 Å². The molecule has 0 saturated heterocycles. The van der Waals surface area contributed by atoms with Gasteiger partial charge in [0, 0.05) is 24.4 Å². The first-order chi connectivity index (χ1) is 13.5. The molecular weight excluding hydrogens is 362 g/mol. The van der Waals surface area contributed by atoms with Gasteiger partial charge in [0.25, 0.3) is 0 Å². The van der Waals surface area contributed by atoms with Crippen molar-refractivity contribution >= 4 is 11.8 Å². The SMILES string of the molecule is CN1C(=O)C=C[C@@]2(C)C1CC[C@@H]1[C@H]2CC[C@]2(C)C(C(=O)NC(C)(C)C#N)CC[C@@H]12. The number of rotatable bonds is 2. The van der Waals surface area contributed by atoms with Gasteiger partial charge < -0.3 is 10.2 Å². The maximum atomic E-state index is 13.1. The smallest absolute Gasteiger partial charge is 0.246 e. The second kappa shape index (κ2) is 6.59. The molecule has 0 radical (unpaired) electrons. The van der Waals surface area contributed by atoms with Crippen molar-refractivity contribution in [2.24, 2.45) is 34.5 Å². The molecule has 0 aromatic carbocycles. The molecule has 0 aromatic rings. The third kappa shape index (κ3) is 2.94. The van der Waals surface area contributed by atoms with Crippen molar-refractivity contribution in [2.75, 3.05) is 7.05 Å². The summed E-state index contributed by atoms with van der Waals surface area (Å²) >= 11 is 0. The van der Waals surface area contributed by atoms with Gasteiger partial charge in [0.2, 0.25) is 11.8 Å². The van der Waals surface area contributed by atoms with E-state index in [2.05, 4.69) is 31.3 Å². The van der Waals surface area contributed by atoms with E-state index in [4.69, 9.17) is 0 Å². The number of amides is 2. The second-order valence-corrected chi connectivity index (χ2v) is 11.0. The van der Waals surface area contributed by atoms with Crippen LogP contribution in [0.1, 0.15) is 66.2 Å². The molecule has 4 aliphatic rings. The minimum absolute atomic E-state index is 0.00208. The second-order valence-electron chi connectivity index (χ2n) is 11.0. The molecule has 5 heteroatoms. The van der Waals surface area contributed by atoms with Gasteiger partial charge in [-0.05, 0) is 81.6 Å². The van der Waals surface area contributed by atoms with Crippen LogP contribution in [-0.2, 0) is 9.59 Å². The molecule has 3 saturated carbocycles. The monoisotopic (exact) mass is 397 g/mol. The molecule has 3 fully saturated rings. The van der Waals surface area contributed by atoms with Crippen LogP contribution in [0.2, 0.25) is 0 Å². The van der Waals surface area contributed by atoms with Crippen molar-refractivity contribution in [3.8, 4) is 6.07 Å². The first-order valence-electron chi connectivity index (χ1n) is 11.2. The fraction of sp³-hybridized carbons (Fsp3) is 0.792. The molecule has 1 aliphatic heterocycles. The molecule has 1 heterocycles. The van der Waals surface area contributed by atoms with Crippen LogP contribution in [0.15, 0.2) is 12.2 Å². The van der Waals surface area contributed by atoms with Gasteiger partial charge in [-0.1, -0.05) is 19.9 Å². The topological polar surface area (TPSA) is 73.2 Å². The largest absolute Gasteiger partial charge is 0.338 e. The molecule has 2 unspecified atom stereocenters. The Morgan fingerprint density at radius 1 is 1.21 bits per heavy atom.